The average molecular weight is 262 g/mol. The predicted molar refractivity (Wildman–Crippen MR) is 53.0 cm³/mol. The number of fused-ring (bicyclic) bond motifs is 1. The Morgan fingerprint density at radius 3 is 3.00 bits per heavy atom. The number of hydrogen-bond acceptors (Lipinski definition) is 3. The Morgan fingerprint density at radius 2 is 2.29 bits per heavy atom. The highest BCUT2D eigenvalue weighted by molar-refractivity contribution is 9.10. The molecule has 0 radical (unpaired) electrons. The van der Waals surface area contributed by atoms with E-state index in [1.165, 1.54) is 0 Å². The van der Waals surface area contributed by atoms with Crippen LogP contribution in [-0.4, -0.2) is 13.3 Å². The van der Waals surface area contributed by atoms with Gasteiger partial charge in [0.15, 0.2) is 11.6 Å². The molecule has 0 saturated heterocycles. The van der Waals surface area contributed by atoms with Crippen molar-refractivity contribution in [3.05, 3.63) is 21.9 Å². The quantitative estimate of drug-likeness (QED) is 0.884. The molecule has 0 amide bonds. The summed E-state index contributed by atoms with van der Waals surface area (Å²) in [7, 11) is 0. The molecular formula is C9H9BrFNO2. The van der Waals surface area contributed by atoms with Gasteiger partial charge in [0.05, 0.1) is 0 Å². The third kappa shape index (κ3) is 1.46. The molecule has 0 saturated carbocycles. The molecule has 1 aromatic rings. The molecule has 1 aromatic carbocycles. The van der Waals surface area contributed by atoms with E-state index in [1.54, 1.807) is 6.07 Å². The summed E-state index contributed by atoms with van der Waals surface area (Å²) in [5.41, 5.74) is 5.92. The lowest BCUT2D eigenvalue weighted by molar-refractivity contribution is 0.170. The summed E-state index contributed by atoms with van der Waals surface area (Å²) < 4.78 is 24.5. The van der Waals surface area contributed by atoms with E-state index >= 15 is 0 Å². The summed E-state index contributed by atoms with van der Waals surface area (Å²) in [4.78, 5) is 0. The largest absolute Gasteiger partial charge is 0.453 e. The Balaban J connectivity index is 2.51. The zero-order chi connectivity index (χ0) is 10.1. The van der Waals surface area contributed by atoms with E-state index in [0.29, 0.717) is 28.8 Å². The predicted octanol–water partition coefficient (Wildman–Crippen LogP) is 1.82. The Morgan fingerprint density at radius 1 is 1.50 bits per heavy atom. The number of rotatable bonds is 2. The van der Waals surface area contributed by atoms with Gasteiger partial charge in [0.2, 0.25) is 12.5 Å². The number of ether oxygens (including phenoxy) is 2. The minimum atomic E-state index is -0.377. The van der Waals surface area contributed by atoms with E-state index in [1.807, 2.05) is 0 Å². The van der Waals surface area contributed by atoms with Crippen LogP contribution in [0.25, 0.3) is 0 Å². The fourth-order valence-electron chi connectivity index (χ4n) is 1.38. The SMILES string of the molecule is NCCc1c(Br)cc2c(c1F)OCO2. The van der Waals surface area contributed by atoms with Crippen LogP contribution in [0.4, 0.5) is 4.39 Å². The van der Waals surface area contributed by atoms with Crippen molar-refractivity contribution < 1.29 is 13.9 Å². The minimum Gasteiger partial charge on any atom is -0.453 e. The minimum absolute atomic E-state index is 0.0742. The number of benzene rings is 1. The van der Waals surface area contributed by atoms with Gasteiger partial charge in [-0.3, -0.25) is 0 Å². The van der Waals surface area contributed by atoms with Crippen molar-refractivity contribution in [2.45, 2.75) is 6.42 Å². The molecule has 0 atom stereocenters. The zero-order valence-corrected chi connectivity index (χ0v) is 8.93. The lowest BCUT2D eigenvalue weighted by atomic mass is 10.1. The molecule has 0 spiro atoms. The van der Waals surface area contributed by atoms with Crippen LogP contribution in [0.1, 0.15) is 5.56 Å². The summed E-state index contributed by atoms with van der Waals surface area (Å²) in [5, 5.41) is 0. The summed E-state index contributed by atoms with van der Waals surface area (Å²) in [6, 6.07) is 1.70. The first-order valence-corrected chi connectivity index (χ1v) is 5.00. The molecule has 5 heteroatoms. The maximum absolute atomic E-state index is 13.7. The van der Waals surface area contributed by atoms with Gasteiger partial charge in [-0.1, -0.05) is 15.9 Å². The van der Waals surface area contributed by atoms with Crippen LogP contribution < -0.4 is 15.2 Å². The first-order chi connectivity index (χ1) is 6.74. The van der Waals surface area contributed by atoms with Crippen molar-refractivity contribution in [3.8, 4) is 11.5 Å². The Hall–Kier alpha value is -0.810. The summed E-state index contributed by atoms with van der Waals surface area (Å²) in [6.07, 6.45) is 0.475. The van der Waals surface area contributed by atoms with Crippen LogP contribution in [0.3, 0.4) is 0 Å². The third-order valence-corrected chi connectivity index (χ3v) is 2.75. The molecule has 0 aromatic heterocycles. The van der Waals surface area contributed by atoms with Gasteiger partial charge < -0.3 is 15.2 Å². The normalized spacial score (nSPS) is 13.4. The van der Waals surface area contributed by atoms with Gasteiger partial charge >= 0.3 is 0 Å². The Labute approximate surface area is 89.1 Å². The van der Waals surface area contributed by atoms with Gasteiger partial charge in [-0.25, -0.2) is 4.39 Å². The molecule has 2 N–H and O–H groups in total. The molecule has 1 heterocycles. The van der Waals surface area contributed by atoms with Crippen molar-refractivity contribution >= 4 is 15.9 Å². The van der Waals surface area contributed by atoms with Gasteiger partial charge in [0.1, 0.15) is 0 Å². The van der Waals surface area contributed by atoms with Gasteiger partial charge in [-0.15, -0.1) is 0 Å². The first kappa shape index (κ1) is 9.73. The fraction of sp³-hybridized carbons (Fsp3) is 0.333. The highest BCUT2D eigenvalue weighted by Crippen LogP contribution is 2.40. The average Bonchev–Trinajstić information content (AvgIpc) is 2.60. The van der Waals surface area contributed by atoms with Gasteiger partial charge in [0.25, 0.3) is 0 Å². The Kier molecular flexibility index (Phi) is 2.60. The van der Waals surface area contributed by atoms with Crippen LogP contribution in [0.2, 0.25) is 0 Å². The van der Waals surface area contributed by atoms with E-state index < -0.39 is 0 Å². The first-order valence-electron chi connectivity index (χ1n) is 4.20. The maximum atomic E-state index is 13.7. The molecule has 0 fully saturated rings. The number of halogens is 2. The molecule has 76 valence electrons. The van der Waals surface area contributed by atoms with Crippen molar-refractivity contribution in [1.29, 1.82) is 0 Å². The van der Waals surface area contributed by atoms with Crippen molar-refractivity contribution in [1.82, 2.24) is 0 Å². The van der Waals surface area contributed by atoms with Gasteiger partial charge in [-0.05, 0) is 19.0 Å². The van der Waals surface area contributed by atoms with E-state index in [4.69, 9.17) is 15.2 Å². The van der Waals surface area contributed by atoms with Gasteiger partial charge in [0, 0.05) is 10.0 Å². The summed E-state index contributed by atoms with van der Waals surface area (Å²) in [6.45, 7) is 0.472. The van der Waals surface area contributed by atoms with E-state index in [-0.39, 0.29) is 18.4 Å². The summed E-state index contributed by atoms with van der Waals surface area (Å²) >= 11 is 3.27. The Bertz CT molecular complexity index is 370. The molecule has 3 nitrogen and oxygen atoms in total. The molecule has 1 aliphatic heterocycles. The highest BCUT2D eigenvalue weighted by atomic mass is 79.9. The van der Waals surface area contributed by atoms with E-state index in [2.05, 4.69) is 15.9 Å². The fourth-order valence-corrected chi connectivity index (χ4v) is 1.97. The molecule has 14 heavy (non-hydrogen) atoms. The lowest BCUT2D eigenvalue weighted by Gasteiger charge is -2.07. The highest BCUT2D eigenvalue weighted by Gasteiger charge is 2.23. The van der Waals surface area contributed by atoms with Crippen molar-refractivity contribution in [2.75, 3.05) is 13.3 Å². The van der Waals surface area contributed by atoms with Crippen molar-refractivity contribution in [2.24, 2.45) is 5.73 Å². The standard InChI is InChI=1S/C9H9BrFNO2/c10-6-3-7-9(14-4-13-7)8(11)5(6)1-2-12/h3H,1-2,4,12H2. The molecule has 2 rings (SSSR count). The van der Waals surface area contributed by atoms with Crippen LogP contribution in [0, 0.1) is 5.82 Å². The second kappa shape index (κ2) is 3.74. The number of nitrogens with two attached hydrogens (primary N) is 1. The van der Waals surface area contributed by atoms with Crippen LogP contribution in [0.5, 0.6) is 11.5 Å². The summed E-state index contributed by atoms with van der Waals surface area (Å²) in [5.74, 6) is 0.254. The van der Waals surface area contributed by atoms with Crippen LogP contribution >= 0.6 is 15.9 Å². The smallest absolute Gasteiger partial charge is 0.231 e. The molecular weight excluding hydrogens is 253 g/mol. The molecule has 1 aliphatic rings. The lowest BCUT2D eigenvalue weighted by Crippen LogP contribution is -2.05. The second-order valence-corrected chi connectivity index (χ2v) is 3.78. The maximum Gasteiger partial charge on any atom is 0.231 e. The van der Waals surface area contributed by atoms with E-state index in [0.717, 1.165) is 0 Å². The number of hydrogen-bond donors (Lipinski definition) is 1. The molecule has 0 unspecified atom stereocenters. The van der Waals surface area contributed by atoms with Crippen molar-refractivity contribution in [3.63, 3.8) is 0 Å². The van der Waals surface area contributed by atoms with E-state index in [9.17, 15) is 4.39 Å². The molecule has 0 bridgehead atoms. The monoisotopic (exact) mass is 261 g/mol. The van der Waals surface area contributed by atoms with Crippen LogP contribution in [0.15, 0.2) is 10.5 Å². The second-order valence-electron chi connectivity index (χ2n) is 2.92. The van der Waals surface area contributed by atoms with Gasteiger partial charge in [-0.2, -0.15) is 0 Å². The van der Waals surface area contributed by atoms with Crippen LogP contribution in [-0.2, 0) is 6.42 Å². The topological polar surface area (TPSA) is 44.5 Å². The zero-order valence-electron chi connectivity index (χ0n) is 7.35. The molecule has 0 aliphatic carbocycles. The third-order valence-electron chi connectivity index (χ3n) is 2.05.